The third-order valence-corrected chi connectivity index (χ3v) is 25.6. The van der Waals surface area contributed by atoms with E-state index >= 15 is 0 Å². The summed E-state index contributed by atoms with van der Waals surface area (Å²) >= 11 is 0. The average Bonchev–Trinajstić information content (AvgIpc) is 2.39. The lowest BCUT2D eigenvalue weighted by atomic mass is 10.5. The highest BCUT2D eigenvalue weighted by Crippen LogP contribution is 3.10. The van der Waals surface area contributed by atoms with Crippen molar-refractivity contribution < 1.29 is 40.8 Å². The molecule has 0 heterocycles. The molecular weight excluding hydrogens is 484 g/mol. The Kier molecular flexibility index (Phi) is 13.5. The molecule has 0 aliphatic heterocycles. The molecule has 9 nitrogen and oxygen atoms in total. The Morgan fingerprint density at radius 3 is 0.613 bits per heavy atom. The quantitative estimate of drug-likeness (QED) is 0.195. The summed E-state index contributed by atoms with van der Waals surface area (Å²) in [7, 11) is -13.1. The van der Waals surface area contributed by atoms with Crippen molar-refractivity contribution in [3.05, 3.63) is 0 Å². The molecule has 0 aromatic heterocycles. The van der Waals surface area contributed by atoms with Crippen LogP contribution in [0.5, 0.6) is 0 Å². The van der Waals surface area contributed by atoms with Crippen molar-refractivity contribution in [3.63, 3.8) is 0 Å². The van der Waals surface area contributed by atoms with Crippen molar-refractivity contribution in [2.75, 3.05) is 0 Å². The van der Waals surface area contributed by atoms with Crippen LogP contribution in [0, 0.1) is 0 Å². The SMILES string of the molecule is CC(C)OP(=O)(OC(C)C)P(P(=O)(OC(C)C)OC(C)C)P(=O)(OC(C)C)OC(C)C. The molecule has 0 spiro atoms. The predicted octanol–water partition coefficient (Wildman–Crippen LogP) is 8.34. The summed E-state index contributed by atoms with van der Waals surface area (Å²) in [6, 6.07) is 0. The largest absolute Gasteiger partial charge is 0.374 e. The third kappa shape index (κ3) is 10.8. The summed E-state index contributed by atoms with van der Waals surface area (Å²) < 4.78 is 77.2. The monoisotopic (exact) mass is 526 g/mol. The normalized spacial score (nSPS) is 14.4. The molecule has 0 unspecified atom stereocenters. The van der Waals surface area contributed by atoms with Gasteiger partial charge in [0, 0.05) is 0 Å². The molecule has 0 aliphatic rings. The van der Waals surface area contributed by atoms with E-state index in [9.17, 15) is 13.7 Å². The lowest BCUT2D eigenvalue weighted by Crippen LogP contribution is -2.14. The summed E-state index contributed by atoms with van der Waals surface area (Å²) in [6.07, 6.45) is -3.54. The highest BCUT2D eigenvalue weighted by molar-refractivity contribution is 8.83. The molecule has 0 aliphatic carbocycles. The van der Waals surface area contributed by atoms with Gasteiger partial charge in [0.25, 0.3) is 6.99 Å². The Morgan fingerprint density at radius 1 is 0.387 bits per heavy atom. The van der Waals surface area contributed by atoms with E-state index in [0.717, 1.165) is 0 Å². The van der Waals surface area contributed by atoms with Crippen LogP contribution < -0.4 is 0 Å². The van der Waals surface area contributed by atoms with Crippen molar-refractivity contribution >= 4 is 28.8 Å². The summed E-state index contributed by atoms with van der Waals surface area (Å²) in [5.74, 6) is 0. The Hall–Kier alpha value is 0.880. The smallest absolute Gasteiger partial charge is 0.302 e. The zero-order valence-corrected chi connectivity index (χ0v) is 24.5. The first kappa shape index (κ1) is 31.9. The van der Waals surface area contributed by atoms with E-state index in [1.807, 2.05) is 0 Å². The first-order valence-corrected chi connectivity index (χ1v) is 18.7. The van der Waals surface area contributed by atoms with Crippen LogP contribution in [-0.2, 0) is 40.8 Å². The van der Waals surface area contributed by atoms with Gasteiger partial charge in [0.05, 0.1) is 36.6 Å². The van der Waals surface area contributed by atoms with Crippen molar-refractivity contribution in [1.82, 2.24) is 0 Å². The fourth-order valence-corrected chi connectivity index (χ4v) is 26.1. The lowest BCUT2D eigenvalue weighted by Gasteiger charge is -2.38. The summed E-state index contributed by atoms with van der Waals surface area (Å²) in [5.41, 5.74) is 0. The second-order valence-corrected chi connectivity index (χ2v) is 24.1. The summed E-state index contributed by atoms with van der Waals surface area (Å²) in [6.45, 7) is 17.0. The Bertz CT molecular complexity index is 545. The van der Waals surface area contributed by atoms with E-state index in [2.05, 4.69) is 0 Å². The highest BCUT2D eigenvalue weighted by atomic mass is 32.8. The molecule has 0 aromatic carbocycles. The van der Waals surface area contributed by atoms with E-state index in [1.165, 1.54) is 0 Å². The third-order valence-electron chi connectivity index (χ3n) is 2.72. The Morgan fingerprint density at radius 2 is 0.516 bits per heavy atom. The lowest BCUT2D eigenvalue weighted by molar-refractivity contribution is 0.146. The van der Waals surface area contributed by atoms with Gasteiger partial charge in [-0.05, 0) is 83.1 Å². The van der Waals surface area contributed by atoms with Gasteiger partial charge < -0.3 is 27.1 Å². The Labute approximate surface area is 189 Å². The number of hydrogen-bond donors (Lipinski definition) is 0. The maximum Gasteiger partial charge on any atom is 0.374 e. The first-order valence-electron chi connectivity index (χ1n) is 10.6. The average molecular weight is 526 g/mol. The second-order valence-electron chi connectivity index (χ2n) is 8.60. The van der Waals surface area contributed by atoms with Crippen LogP contribution in [0.3, 0.4) is 0 Å². The molecule has 0 atom stereocenters. The number of rotatable bonds is 15. The molecule has 0 amide bonds. The molecule has 13 heteroatoms. The zero-order chi connectivity index (χ0) is 24.8. The minimum Gasteiger partial charge on any atom is -0.302 e. The standard InChI is InChI=1S/C18H42O9P4/c1-13(2)22-29(19,23-14(3)4)28(30(20,24-15(5)6)25-16(7)8)31(21,26-17(9)10)27-18(11)12/h13-18H,1-12H3. The van der Waals surface area contributed by atoms with E-state index < -0.39 is 65.5 Å². The van der Waals surface area contributed by atoms with Crippen LogP contribution in [-0.4, -0.2) is 36.6 Å². The maximum atomic E-state index is 14.3. The van der Waals surface area contributed by atoms with Gasteiger partial charge in [0.1, 0.15) is 0 Å². The molecule has 0 aromatic rings. The molecular formula is C18H42O9P4. The maximum absolute atomic E-state index is 14.3. The van der Waals surface area contributed by atoms with Crippen LogP contribution in [0.2, 0.25) is 0 Å². The van der Waals surface area contributed by atoms with Gasteiger partial charge in [-0.25, -0.2) is 0 Å². The Balaban J connectivity index is 7.18. The van der Waals surface area contributed by atoms with E-state index in [4.69, 9.17) is 27.1 Å². The van der Waals surface area contributed by atoms with Crippen LogP contribution in [0.4, 0.5) is 0 Å². The van der Waals surface area contributed by atoms with Gasteiger partial charge in [-0.15, -0.1) is 0 Å². The van der Waals surface area contributed by atoms with E-state index in [1.54, 1.807) is 83.1 Å². The van der Waals surface area contributed by atoms with Crippen molar-refractivity contribution in [2.45, 2.75) is 120 Å². The van der Waals surface area contributed by atoms with Crippen molar-refractivity contribution in [2.24, 2.45) is 0 Å². The van der Waals surface area contributed by atoms with Crippen LogP contribution >= 0.6 is 28.8 Å². The molecule has 0 radical (unpaired) electrons. The van der Waals surface area contributed by atoms with Gasteiger partial charge in [-0.1, -0.05) is 0 Å². The molecule has 0 fully saturated rings. The van der Waals surface area contributed by atoms with Crippen LogP contribution in [0.25, 0.3) is 0 Å². The molecule has 0 rings (SSSR count). The predicted molar refractivity (Wildman–Crippen MR) is 127 cm³/mol. The molecule has 188 valence electrons. The number of hydrogen-bond acceptors (Lipinski definition) is 9. The molecule has 0 N–H and O–H groups in total. The first-order chi connectivity index (χ1) is 13.9. The minimum absolute atomic E-state index is 0.590. The van der Waals surface area contributed by atoms with E-state index in [-0.39, 0.29) is 0 Å². The van der Waals surface area contributed by atoms with Gasteiger partial charge in [-0.2, -0.15) is 0 Å². The van der Waals surface area contributed by atoms with Crippen LogP contribution in [0.15, 0.2) is 0 Å². The highest BCUT2D eigenvalue weighted by Gasteiger charge is 2.65. The van der Waals surface area contributed by atoms with Gasteiger partial charge in [-0.3, -0.25) is 13.7 Å². The molecule has 0 saturated heterocycles. The fraction of sp³-hybridized carbons (Fsp3) is 1.00. The second kappa shape index (κ2) is 13.1. The van der Waals surface area contributed by atoms with Gasteiger partial charge in [0.2, 0.25) is 0 Å². The van der Waals surface area contributed by atoms with Crippen molar-refractivity contribution in [1.29, 1.82) is 0 Å². The minimum atomic E-state index is -4.37. The van der Waals surface area contributed by atoms with Crippen LogP contribution in [0.1, 0.15) is 83.1 Å². The molecule has 0 bridgehead atoms. The topological polar surface area (TPSA) is 107 Å². The fourth-order valence-electron chi connectivity index (χ4n) is 2.33. The van der Waals surface area contributed by atoms with Gasteiger partial charge >= 0.3 is 21.9 Å². The molecule has 31 heavy (non-hydrogen) atoms. The van der Waals surface area contributed by atoms with Crippen molar-refractivity contribution in [3.8, 4) is 0 Å². The van der Waals surface area contributed by atoms with E-state index in [0.29, 0.717) is 0 Å². The molecule has 0 saturated carbocycles. The van der Waals surface area contributed by atoms with Gasteiger partial charge in [0.15, 0.2) is 0 Å². The summed E-state index contributed by atoms with van der Waals surface area (Å²) in [4.78, 5) is 0. The zero-order valence-electron chi connectivity index (χ0n) is 20.9. The summed E-state index contributed by atoms with van der Waals surface area (Å²) in [5, 5.41) is 0.